The van der Waals surface area contributed by atoms with E-state index in [2.05, 4.69) is 34.0 Å². The number of amides is 1. The van der Waals surface area contributed by atoms with Gasteiger partial charge in [0, 0.05) is 40.7 Å². The SMILES string of the molecule is CCOc1ccc(-n2c(C)c3c(C)nnc(CCC(=O)NN)c3c2C)cc1. The number of carbonyl (C=O) groups excluding carboxylic acids is 1. The zero-order chi connectivity index (χ0) is 19.6. The predicted octanol–water partition coefficient (Wildman–Crippen LogP) is 2.67. The van der Waals surface area contributed by atoms with Crippen LogP contribution in [0.15, 0.2) is 24.3 Å². The van der Waals surface area contributed by atoms with Gasteiger partial charge in [0.15, 0.2) is 0 Å². The number of benzene rings is 1. The molecule has 1 aromatic carbocycles. The van der Waals surface area contributed by atoms with Gasteiger partial charge in [-0.2, -0.15) is 10.2 Å². The summed E-state index contributed by atoms with van der Waals surface area (Å²) in [6.45, 7) is 8.72. The first kappa shape index (κ1) is 18.8. The Balaban J connectivity index is 2.12. The molecule has 0 unspecified atom stereocenters. The fourth-order valence-electron chi connectivity index (χ4n) is 3.59. The minimum absolute atomic E-state index is 0.217. The molecule has 3 aromatic rings. The van der Waals surface area contributed by atoms with Crippen LogP contribution in [0.1, 0.15) is 36.1 Å². The number of hydrazine groups is 1. The Morgan fingerprint density at radius 3 is 2.41 bits per heavy atom. The summed E-state index contributed by atoms with van der Waals surface area (Å²) in [6.07, 6.45) is 0.760. The van der Waals surface area contributed by atoms with Gasteiger partial charge in [-0.25, -0.2) is 5.84 Å². The van der Waals surface area contributed by atoms with Gasteiger partial charge >= 0.3 is 0 Å². The number of nitrogens with two attached hydrogens (primary N) is 1. The third-order valence-corrected chi connectivity index (χ3v) is 4.77. The summed E-state index contributed by atoms with van der Waals surface area (Å²) < 4.78 is 7.74. The molecule has 2 heterocycles. The van der Waals surface area contributed by atoms with Crippen molar-refractivity contribution in [3.05, 3.63) is 47.0 Å². The minimum atomic E-state index is -0.217. The Morgan fingerprint density at radius 2 is 1.78 bits per heavy atom. The van der Waals surface area contributed by atoms with Crippen molar-refractivity contribution in [1.29, 1.82) is 0 Å². The minimum Gasteiger partial charge on any atom is -0.494 e. The van der Waals surface area contributed by atoms with Gasteiger partial charge < -0.3 is 9.30 Å². The standard InChI is InChI=1S/C20H25N5O2/c1-5-27-16-8-6-15(7-9-16)25-13(3)19-12(2)23-24-17(20(19)14(25)4)10-11-18(26)22-21/h6-9H,5,10-11,21H2,1-4H3,(H,22,26). The van der Waals surface area contributed by atoms with Crippen LogP contribution in [0.5, 0.6) is 5.75 Å². The van der Waals surface area contributed by atoms with Crippen molar-refractivity contribution in [1.82, 2.24) is 20.2 Å². The highest BCUT2D eigenvalue weighted by atomic mass is 16.5. The predicted molar refractivity (Wildman–Crippen MR) is 105 cm³/mol. The molecule has 0 fully saturated rings. The van der Waals surface area contributed by atoms with Crippen LogP contribution in [0.4, 0.5) is 0 Å². The monoisotopic (exact) mass is 367 g/mol. The van der Waals surface area contributed by atoms with Crippen molar-refractivity contribution in [3.63, 3.8) is 0 Å². The van der Waals surface area contributed by atoms with Crippen molar-refractivity contribution in [2.75, 3.05) is 6.61 Å². The molecule has 142 valence electrons. The number of hydrogen-bond acceptors (Lipinski definition) is 5. The number of carbonyl (C=O) groups is 1. The molecule has 0 saturated carbocycles. The van der Waals surface area contributed by atoms with Crippen LogP contribution < -0.4 is 16.0 Å². The zero-order valence-electron chi connectivity index (χ0n) is 16.2. The van der Waals surface area contributed by atoms with Crippen molar-refractivity contribution < 1.29 is 9.53 Å². The molecule has 7 heteroatoms. The summed E-state index contributed by atoms with van der Waals surface area (Å²) >= 11 is 0. The van der Waals surface area contributed by atoms with Crippen LogP contribution >= 0.6 is 0 Å². The van der Waals surface area contributed by atoms with Crippen molar-refractivity contribution >= 4 is 16.7 Å². The molecule has 7 nitrogen and oxygen atoms in total. The molecule has 3 N–H and O–H groups in total. The van der Waals surface area contributed by atoms with E-state index in [0.29, 0.717) is 13.0 Å². The molecule has 27 heavy (non-hydrogen) atoms. The lowest BCUT2D eigenvalue weighted by molar-refractivity contribution is -0.121. The highest BCUT2D eigenvalue weighted by molar-refractivity contribution is 5.93. The molecule has 0 saturated heterocycles. The van der Waals surface area contributed by atoms with E-state index >= 15 is 0 Å². The van der Waals surface area contributed by atoms with E-state index in [1.807, 2.05) is 38.1 Å². The van der Waals surface area contributed by atoms with Crippen molar-refractivity contribution in [2.45, 2.75) is 40.5 Å². The third-order valence-electron chi connectivity index (χ3n) is 4.77. The fraction of sp³-hybridized carbons (Fsp3) is 0.350. The summed E-state index contributed by atoms with van der Waals surface area (Å²) in [7, 11) is 0. The molecule has 2 aromatic heterocycles. The zero-order valence-corrected chi connectivity index (χ0v) is 16.2. The first-order valence-corrected chi connectivity index (χ1v) is 9.04. The molecular weight excluding hydrogens is 342 g/mol. The van der Waals surface area contributed by atoms with E-state index in [1.54, 1.807) is 0 Å². The quantitative estimate of drug-likeness (QED) is 0.397. The second kappa shape index (κ2) is 7.75. The average Bonchev–Trinajstić information content (AvgIpc) is 2.94. The second-order valence-corrected chi connectivity index (χ2v) is 6.48. The molecular formula is C20H25N5O2. The van der Waals surface area contributed by atoms with Crippen molar-refractivity contribution in [2.24, 2.45) is 5.84 Å². The molecule has 1 amide bonds. The number of aryl methyl sites for hydroxylation is 4. The van der Waals surface area contributed by atoms with Gasteiger partial charge in [0.05, 0.1) is 18.0 Å². The van der Waals surface area contributed by atoms with Crippen LogP contribution in [0.2, 0.25) is 0 Å². The van der Waals surface area contributed by atoms with E-state index < -0.39 is 0 Å². The van der Waals surface area contributed by atoms with Gasteiger partial charge in [-0.15, -0.1) is 0 Å². The van der Waals surface area contributed by atoms with Gasteiger partial charge in [0.2, 0.25) is 5.91 Å². The molecule has 0 aliphatic rings. The van der Waals surface area contributed by atoms with Gasteiger partial charge in [0.25, 0.3) is 0 Å². The Hall–Kier alpha value is -2.93. The number of nitrogens with one attached hydrogen (secondary N) is 1. The molecule has 0 radical (unpaired) electrons. The number of hydrogen-bond donors (Lipinski definition) is 2. The van der Waals surface area contributed by atoms with E-state index in [1.165, 1.54) is 0 Å². The fourth-order valence-corrected chi connectivity index (χ4v) is 3.59. The molecule has 0 aliphatic carbocycles. The summed E-state index contributed by atoms with van der Waals surface area (Å²) in [5.41, 5.74) is 7.08. The van der Waals surface area contributed by atoms with Gasteiger partial charge in [-0.05, 0) is 52.0 Å². The van der Waals surface area contributed by atoms with Gasteiger partial charge in [-0.3, -0.25) is 10.2 Å². The van der Waals surface area contributed by atoms with Gasteiger partial charge in [-0.1, -0.05) is 0 Å². The maximum absolute atomic E-state index is 11.6. The lowest BCUT2D eigenvalue weighted by Crippen LogP contribution is -2.30. The first-order valence-electron chi connectivity index (χ1n) is 9.04. The van der Waals surface area contributed by atoms with Crippen LogP contribution in [0.3, 0.4) is 0 Å². The number of aromatic nitrogens is 3. The molecule has 0 atom stereocenters. The number of ether oxygens (including phenoxy) is 1. The lowest BCUT2D eigenvalue weighted by atomic mass is 10.1. The van der Waals surface area contributed by atoms with Crippen LogP contribution in [-0.2, 0) is 11.2 Å². The maximum atomic E-state index is 11.6. The summed E-state index contributed by atoms with van der Waals surface area (Å²) in [5.74, 6) is 5.82. The topological polar surface area (TPSA) is 95.1 Å². The van der Waals surface area contributed by atoms with Gasteiger partial charge in [0.1, 0.15) is 5.75 Å². The molecule has 3 rings (SSSR count). The Morgan fingerprint density at radius 1 is 1.11 bits per heavy atom. The summed E-state index contributed by atoms with van der Waals surface area (Å²) in [6, 6.07) is 8.03. The largest absolute Gasteiger partial charge is 0.494 e. The highest BCUT2D eigenvalue weighted by Gasteiger charge is 2.19. The first-order chi connectivity index (χ1) is 13.0. The molecule has 0 spiro atoms. The number of nitrogens with zero attached hydrogens (tertiary/aromatic N) is 3. The smallest absolute Gasteiger partial charge is 0.234 e. The Bertz CT molecular complexity index is 976. The van der Waals surface area contributed by atoms with E-state index in [4.69, 9.17) is 10.6 Å². The second-order valence-electron chi connectivity index (χ2n) is 6.48. The van der Waals surface area contributed by atoms with E-state index in [0.717, 1.165) is 45.0 Å². The summed E-state index contributed by atoms with van der Waals surface area (Å²) in [5, 5.41) is 10.8. The van der Waals surface area contributed by atoms with Crippen molar-refractivity contribution in [3.8, 4) is 11.4 Å². The maximum Gasteiger partial charge on any atom is 0.234 e. The Labute approximate surface area is 158 Å². The average molecular weight is 367 g/mol. The number of rotatable bonds is 6. The van der Waals surface area contributed by atoms with Crippen LogP contribution in [-0.4, -0.2) is 27.3 Å². The Kier molecular flexibility index (Phi) is 5.41. The summed E-state index contributed by atoms with van der Waals surface area (Å²) in [4.78, 5) is 11.6. The van der Waals surface area contributed by atoms with Crippen LogP contribution in [0.25, 0.3) is 16.5 Å². The highest BCUT2D eigenvalue weighted by Crippen LogP contribution is 2.32. The molecule has 0 aliphatic heterocycles. The lowest BCUT2D eigenvalue weighted by Gasteiger charge is -2.11. The third kappa shape index (κ3) is 3.50. The molecule has 0 bridgehead atoms. The van der Waals surface area contributed by atoms with E-state index in [9.17, 15) is 4.79 Å². The number of fused-ring (bicyclic) bond motifs is 1. The van der Waals surface area contributed by atoms with Crippen LogP contribution in [0, 0.1) is 20.8 Å². The van der Waals surface area contributed by atoms with E-state index in [-0.39, 0.29) is 12.3 Å². The normalized spacial score (nSPS) is 11.0.